The largest absolute Gasteiger partial charge is 0.399 e. The zero-order valence-corrected chi connectivity index (χ0v) is 14.3. The van der Waals surface area contributed by atoms with Crippen molar-refractivity contribution in [3.63, 3.8) is 0 Å². The lowest BCUT2D eigenvalue weighted by atomic mass is 9.77. The molecule has 1 rings (SSSR count). The molecule has 1 saturated carbocycles. The average molecular weight is 289 g/mol. The van der Waals surface area contributed by atoms with E-state index in [1.807, 2.05) is 18.2 Å². The summed E-state index contributed by atoms with van der Waals surface area (Å²) in [6.07, 6.45) is 10.9. The summed E-state index contributed by atoms with van der Waals surface area (Å²) in [5.74, 6) is 0.541. The van der Waals surface area contributed by atoms with E-state index in [0.29, 0.717) is 5.78 Å². The van der Waals surface area contributed by atoms with Crippen molar-refractivity contribution in [1.82, 2.24) is 0 Å². The van der Waals surface area contributed by atoms with E-state index in [-0.39, 0.29) is 11.3 Å². The lowest BCUT2D eigenvalue weighted by Gasteiger charge is -2.26. The second-order valence-corrected chi connectivity index (χ2v) is 7.37. The van der Waals surface area contributed by atoms with Crippen molar-refractivity contribution in [2.24, 2.45) is 17.1 Å². The monoisotopic (exact) mass is 289 g/mol. The molecule has 118 valence electrons. The topological polar surface area (TPSA) is 43.1 Å². The Morgan fingerprint density at radius 2 is 1.86 bits per heavy atom. The number of carbonyl (C=O) groups excluding carboxylic acids is 1. The molecule has 0 atom stereocenters. The summed E-state index contributed by atoms with van der Waals surface area (Å²) in [4.78, 5) is 12.7. The fourth-order valence-corrected chi connectivity index (χ4v) is 2.70. The van der Waals surface area contributed by atoms with Gasteiger partial charge in [0.05, 0.1) is 0 Å². The molecule has 0 radical (unpaired) electrons. The Morgan fingerprint density at radius 1 is 1.24 bits per heavy atom. The summed E-state index contributed by atoms with van der Waals surface area (Å²) in [6, 6.07) is 0. The molecule has 21 heavy (non-hydrogen) atoms. The first-order valence-corrected chi connectivity index (χ1v) is 8.12. The van der Waals surface area contributed by atoms with E-state index < -0.39 is 0 Å². The highest BCUT2D eigenvalue weighted by Crippen LogP contribution is 2.33. The molecule has 0 aromatic heterocycles. The van der Waals surface area contributed by atoms with Gasteiger partial charge < -0.3 is 5.73 Å². The Labute approximate surface area is 130 Å². The highest BCUT2D eigenvalue weighted by molar-refractivity contribution is 6.00. The lowest BCUT2D eigenvalue weighted by Crippen LogP contribution is -2.24. The highest BCUT2D eigenvalue weighted by Gasteiger charge is 2.28. The lowest BCUT2D eigenvalue weighted by molar-refractivity contribution is -0.121. The Bertz CT molecular complexity index is 456. The van der Waals surface area contributed by atoms with Crippen LogP contribution in [0.2, 0.25) is 0 Å². The number of carbonyl (C=O) groups is 1. The van der Waals surface area contributed by atoms with Crippen molar-refractivity contribution in [1.29, 1.82) is 0 Å². The van der Waals surface area contributed by atoms with Crippen LogP contribution in [0.3, 0.4) is 0 Å². The van der Waals surface area contributed by atoms with E-state index in [9.17, 15) is 4.79 Å². The molecule has 0 amide bonds. The molecule has 0 spiro atoms. The van der Waals surface area contributed by atoms with Crippen LogP contribution in [0, 0.1) is 11.3 Å². The van der Waals surface area contributed by atoms with E-state index in [2.05, 4.69) is 34.6 Å². The molecular formula is C19H31NO. The highest BCUT2D eigenvalue weighted by atomic mass is 16.1. The summed E-state index contributed by atoms with van der Waals surface area (Å²) in [5.41, 5.74) is 8.90. The molecule has 2 nitrogen and oxygen atoms in total. The van der Waals surface area contributed by atoms with Crippen molar-refractivity contribution in [3.05, 3.63) is 35.1 Å². The molecule has 0 bridgehead atoms. The third-order valence-corrected chi connectivity index (χ3v) is 3.88. The number of rotatable bonds is 6. The zero-order valence-electron chi connectivity index (χ0n) is 14.3. The smallest absolute Gasteiger partial charge is 0.165 e. The summed E-state index contributed by atoms with van der Waals surface area (Å²) < 4.78 is 0. The predicted molar refractivity (Wildman–Crippen MR) is 90.8 cm³/mol. The van der Waals surface area contributed by atoms with Crippen LogP contribution in [0.5, 0.6) is 0 Å². The van der Waals surface area contributed by atoms with Crippen LogP contribution < -0.4 is 5.73 Å². The van der Waals surface area contributed by atoms with Crippen LogP contribution in [0.1, 0.15) is 66.7 Å². The molecule has 0 heterocycles. The van der Waals surface area contributed by atoms with Crippen LogP contribution in [-0.2, 0) is 4.79 Å². The zero-order chi connectivity index (χ0) is 16.0. The molecule has 0 unspecified atom stereocenters. The van der Waals surface area contributed by atoms with Gasteiger partial charge in [-0.05, 0) is 50.2 Å². The third-order valence-electron chi connectivity index (χ3n) is 3.88. The minimum Gasteiger partial charge on any atom is -0.399 e. The van der Waals surface area contributed by atoms with Crippen molar-refractivity contribution >= 4 is 5.78 Å². The number of hydrogen-bond donors (Lipinski definition) is 1. The van der Waals surface area contributed by atoms with Gasteiger partial charge in [0.15, 0.2) is 5.78 Å². The fraction of sp³-hybridized carbons (Fsp3) is 0.632. The summed E-state index contributed by atoms with van der Waals surface area (Å²) >= 11 is 0. The number of ketones is 1. The van der Waals surface area contributed by atoms with Gasteiger partial charge in [-0.25, -0.2) is 0 Å². The molecular weight excluding hydrogens is 258 g/mol. The van der Waals surface area contributed by atoms with Crippen LogP contribution in [0.4, 0.5) is 0 Å². The van der Waals surface area contributed by atoms with Crippen molar-refractivity contribution in [2.75, 3.05) is 0 Å². The van der Waals surface area contributed by atoms with Crippen LogP contribution in [0.25, 0.3) is 0 Å². The SMILES string of the molecule is CC/C=C(N)/C=C\C(C(=O)C1CCC1)=C(/C)CC(C)(C)C. The Kier molecular flexibility index (Phi) is 6.44. The Hall–Kier alpha value is -1.31. The third kappa shape index (κ3) is 5.91. The fourth-order valence-electron chi connectivity index (χ4n) is 2.70. The van der Waals surface area contributed by atoms with Gasteiger partial charge >= 0.3 is 0 Å². The molecule has 1 aliphatic rings. The Balaban J connectivity index is 3.01. The summed E-state index contributed by atoms with van der Waals surface area (Å²) in [5, 5.41) is 0. The molecule has 0 aromatic carbocycles. The molecule has 2 heteroatoms. The first-order valence-electron chi connectivity index (χ1n) is 8.12. The van der Waals surface area contributed by atoms with Gasteiger partial charge in [0.2, 0.25) is 0 Å². The Morgan fingerprint density at radius 3 is 2.29 bits per heavy atom. The van der Waals surface area contributed by atoms with Gasteiger partial charge in [-0.15, -0.1) is 0 Å². The number of allylic oxidation sites excluding steroid dienone is 5. The van der Waals surface area contributed by atoms with E-state index in [4.69, 9.17) is 5.73 Å². The first-order chi connectivity index (χ1) is 9.74. The van der Waals surface area contributed by atoms with Gasteiger partial charge in [0, 0.05) is 17.2 Å². The first kappa shape index (κ1) is 17.7. The van der Waals surface area contributed by atoms with Gasteiger partial charge in [-0.3, -0.25) is 4.79 Å². The van der Waals surface area contributed by atoms with Gasteiger partial charge in [-0.1, -0.05) is 45.8 Å². The van der Waals surface area contributed by atoms with E-state index in [1.165, 1.54) is 12.0 Å². The molecule has 1 aliphatic carbocycles. The maximum Gasteiger partial charge on any atom is 0.165 e. The van der Waals surface area contributed by atoms with Crippen molar-refractivity contribution in [3.8, 4) is 0 Å². The predicted octanol–water partition coefficient (Wildman–Crippen LogP) is 4.92. The second kappa shape index (κ2) is 7.63. The van der Waals surface area contributed by atoms with Gasteiger partial charge in [0.25, 0.3) is 0 Å². The number of Topliss-reactive ketones (excluding diaryl/α,β-unsaturated/α-hetero) is 1. The standard InChI is InChI=1S/C19H31NO/c1-6-8-16(20)11-12-17(14(2)13-19(3,4)5)18(21)15-9-7-10-15/h8,11-12,15H,6-7,9-10,13,20H2,1-5H3/b12-11-,16-8-,17-14-. The van der Waals surface area contributed by atoms with Crippen molar-refractivity contribution < 1.29 is 4.79 Å². The molecule has 2 N–H and O–H groups in total. The molecule has 0 aromatic rings. The maximum absolute atomic E-state index is 12.7. The summed E-state index contributed by atoms with van der Waals surface area (Å²) in [7, 11) is 0. The average Bonchev–Trinajstić information content (AvgIpc) is 2.24. The normalized spacial score (nSPS) is 18.6. The van der Waals surface area contributed by atoms with Crippen molar-refractivity contribution in [2.45, 2.75) is 66.7 Å². The van der Waals surface area contributed by atoms with E-state index >= 15 is 0 Å². The number of nitrogens with two attached hydrogens (primary N) is 1. The second-order valence-electron chi connectivity index (χ2n) is 7.37. The minimum absolute atomic E-state index is 0.188. The number of hydrogen-bond acceptors (Lipinski definition) is 2. The minimum atomic E-state index is 0.188. The van der Waals surface area contributed by atoms with Gasteiger partial charge in [0.1, 0.15) is 0 Å². The van der Waals surface area contributed by atoms with E-state index in [1.54, 1.807) is 0 Å². The van der Waals surface area contributed by atoms with E-state index in [0.717, 1.165) is 37.0 Å². The van der Waals surface area contributed by atoms with Crippen LogP contribution in [-0.4, -0.2) is 5.78 Å². The molecule has 1 fully saturated rings. The van der Waals surface area contributed by atoms with Crippen LogP contribution >= 0.6 is 0 Å². The maximum atomic E-state index is 12.7. The molecule has 0 aliphatic heterocycles. The summed E-state index contributed by atoms with van der Waals surface area (Å²) in [6.45, 7) is 10.8. The van der Waals surface area contributed by atoms with Crippen LogP contribution in [0.15, 0.2) is 35.1 Å². The molecule has 0 saturated heterocycles. The quantitative estimate of drug-likeness (QED) is 0.557. The van der Waals surface area contributed by atoms with Gasteiger partial charge in [-0.2, -0.15) is 0 Å².